The van der Waals surface area contributed by atoms with Crippen LogP contribution in [0, 0.1) is 0 Å². The third kappa shape index (κ3) is 4.61. The second kappa shape index (κ2) is 8.31. The van der Waals surface area contributed by atoms with Gasteiger partial charge in [-0.2, -0.15) is 0 Å². The van der Waals surface area contributed by atoms with Gasteiger partial charge in [0.05, 0.1) is 17.9 Å². The Labute approximate surface area is 152 Å². The minimum absolute atomic E-state index is 0.344. The molecule has 2 atom stereocenters. The lowest BCUT2D eigenvalue weighted by molar-refractivity contribution is 0.0342. The van der Waals surface area contributed by atoms with E-state index in [2.05, 4.69) is 20.2 Å². The molecule has 0 amide bonds. The van der Waals surface area contributed by atoms with Crippen molar-refractivity contribution in [3.63, 3.8) is 0 Å². The quantitative estimate of drug-likeness (QED) is 0.757. The highest BCUT2D eigenvalue weighted by Gasteiger charge is 2.24. The van der Waals surface area contributed by atoms with Crippen molar-refractivity contribution >= 4 is 11.3 Å². The standard InChI is InChI=1S/C18H24N4O2S/c1-4-15(23-8-1)11-22(12-16-5-2-9-24-16)10-14-13-25-18(21-14)17-19-6-3-7-20-17/h3,6-7,13,15-16H,1-2,4-5,8-12H2/t15-,16-/m1/s1. The lowest BCUT2D eigenvalue weighted by Gasteiger charge is -2.26. The lowest BCUT2D eigenvalue weighted by Crippen LogP contribution is -2.37. The monoisotopic (exact) mass is 360 g/mol. The fourth-order valence-corrected chi connectivity index (χ4v) is 4.23. The summed E-state index contributed by atoms with van der Waals surface area (Å²) in [5.74, 6) is 0.698. The Hall–Kier alpha value is -1.41. The zero-order chi connectivity index (χ0) is 16.9. The summed E-state index contributed by atoms with van der Waals surface area (Å²) >= 11 is 1.60. The molecule has 25 heavy (non-hydrogen) atoms. The maximum Gasteiger partial charge on any atom is 0.188 e. The van der Waals surface area contributed by atoms with Gasteiger partial charge in [0.15, 0.2) is 10.8 Å². The molecular weight excluding hydrogens is 336 g/mol. The molecule has 2 aliphatic rings. The number of hydrogen-bond donors (Lipinski definition) is 0. The van der Waals surface area contributed by atoms with Crippen molar-refractivity contribution in [3.05, 3.63) is 29.5 Å². The molecule has 0 aliphatic carbocycles. The Morgan fingerprint density at radius 1 is 1.04 bits per heavy atom. The van der Waals surface area contributed by atoms with E-state index in [0.717, 1.165) is 56.4 Å². The van der Waals surface area contributed by atoms with Gasteiger partial charge in [-0.3, -0.25) is 4.90 Å². The fourth-order valence-electron chi connectivity index (χ4n) is 3.48. The molecule has 2 aliphatic heterocycles. The van der Waals surface area contributed by atoms with Crippen LogP contribution >= 0.6 is 11.3 Å². The first-order chi connectivity index (χ1) is 12.4. The van der Waals surface area contributed by atoms with Crippen LogP contribution < -0.4 is 0 Å². The summed E-state index contributed by atoms with van der Waals surface area (Å²) < 4.78 is 11.7. The highest BCUT2D eigenvalue weighted by Crippen LogP contribution is 2.22. The summed E-state index contributed by atoms with van der Waals surface area (Å²) in [7, 11) is 0. The van der Waals surface area contributed by atoms with Crippen molar-refractivity contribution < 1.29 is 9.47 Å². The van der Waals surface area contributed by atoms with Crippen LogP contribution in [-0.4, -0.2) is 58.4 Å². The number of hydrogen-bond acceptors (Lipinski definition) is 7. The summed E-state index contributed by atoms with van der Waals surface area (Å²) in [6.45, 7) is 4.52. The molecule has 0 radical (unpaired) electrons. The van der Waals surface area contributed by atoms with Gasteiger partial charge in [-0.25, -0.2) is 15.0 Å². The second-order valence-electron chi connectivity index (χ2n) is 6.68. The Balaban J connectivity index is 1.42. The molecule has 4 heterocycles. The third-order valence-corrected chi connectivity index (χ3v) is 5.55. The largest absolute Gasteiger partial charge is 0.377 e. The Morgan fingerprint density at radius 2 is 1.72 bits per heavy atom. The van der Waals surface area contributed by atoms with E-state index in [9.17, 15) is 0 Å². The number of nitrogens with zero attached hydrogens (tertiary/aromatic N) is 4. The number of ether oxygens (including phenoxy) is 2. The molecule has 7 heteroatoms. The summed E-state index contributed by atoms with van der Waals surface area (Å²) in [6.07, 6.45) is 8.85. The molecule has 4 rings (SSSR count). The first-order valence-corrected chi connectivity index (χ1v) is 9.92. The number of rotatable bonds is 7. The second-order valence-corrected chi connectivity index (χ2v) is 7.54. The van der Waals surface area contributed by atoms with Crippen LogP contribution in [0.5, 0.6) is 0 Å². The molecule has 0 saturated carbocycles. The van der Waals surface area contributed by atoms with Gasteiger partial charge in [-0.15, -0.1) is 11.3 Å². The molecule has 0 bridgehead atoms. The summed E-state index contributed by atoms with van der Waals surface area (Å²) in [5.41, 5.74) is 1.07. The van der Waals surface area contributed by atoms with E-state index in [1.54, 1.807) is 23.7 Å². The minimum Gasteiger partial charge on any atom is -0.377 e. The number of aromatic nitrogens is 3. The smallest absolute Gasteiger partial charge is 0.188 e. The Morgan fingerprint density at radius 3 is 2.32 bits per heavy atom. The van der Waals surface area contributed by atoms with Crippen LogP contribution in [0.3, 0.4) is 0 Å². The Kier molecular flexibility index (Phi) is 5.66. The Bertz CT molecular complexity index is 636. The van der Waals surface area contributed by atoms with Crippen molar-refractivity contribution in [2.45, 2.75) is 44.4 Å². The maximum absolute atomic E-state index is 5.84. The lowest BCUT2D eigenvalue weighted by atomic mass is 10.2. The van der Waals surface area contributed by atoms with Gasteiger partial charge in [-0.1, -0.05) is 0 Å². The molecular formula is C18H24N4O2S. The van der Waals surface area contributed by atoms with Gasteiger partial charge >= 0.3 is 0 Å². The first kappa shape index (κ1) is 17.0. The van der Waals surface area contributed by atoms with Crippen molar-refractivity contribution in [3.8, 4) is 10.8 Å². The van der Waals surface area contributed by atoms with Gasteiger partial charge in [0.1, 0.15) is 0 Å². The first-order valence-electron chi connectivity index (χ1n) is 9.04. The molecule has 6 nitrogen and oxygen atoms in total. The van der Waals surface area contributed by atoms with Crippen LogP contribution in [0.4, 0.5) is 0 Å². The molecule has 2 aromatic rings. The zero-order valence-electron chi connectivity index (χ0n) is 14.3. The molecule has 0 spiro atoms. The van der Waals surface area contributed by atoms with E-state index in [0.29, 0.717) is 18.0 Å². The van der Waals surface area contributed by atoms with E-state index in [1.807, 2.05) is 6.07 Å². The van der Waals surface area contributed by atoms with Gasteiger partial charge in [0.2, 0.25) is 0 Å². The van der Waals surface area contributed by atoms with Gasteiger partial charge in [0, 0.05) is 50.6 Å². The van der Waals surface area contributed by atoms with Crippen LogP contribution in [0.25, 0.3) is 10.8 Å². The normalized spacial score (nSPS) is 23.6. The van der Waals surface area contributed by atoms with Crippen LogP contribution in [0.1, 0.15) is 31.4 Å². The molecule has 2 fully saturated rings. The van der Waals surface area contributed by atoms with Crippen LogP contribution in [-0.2, 0) is 16.0 Å². The summed E-state index contributed by atoms with van der Waals surface area (Å²) in [6, 6.07) is 1.82. The maximum atomic E-state index is 5.84. The van der Waals surface area contributed by atoms with Gasteiger partial charge < -0.3 is 9.47 Å². The van der Waals surface area contributed by atoms with Gasteiger partial charge in [-0.05, 0) is 31.7 Å². The van der Waals surface area contributed by atoms with E-state index in [1.165, 1.54) is 12.8 Å². The molecule has 0 N–H and O–H groups in total. The third-order valence-electron chi connectivity index (χ3n) is 4.67. The van der Waals surface area contributed by atoms with Crippen molar-refractivity contribution in [2.75, 3.05) is 26.3 Å². The van der Waals surface area contributed by atoms with Crippen molar-refractivity contribution in [2.24, 2.45) is 0 Å². The van der Waals surface area contributed by atoms with E-state index < -0.39 is 0 Å². The predicted molar refractivity (Wildman–Crippen MR) is 96.4 cm³/mol. The minimum atomic E-state index is 0.344. The van der Waals surface area contributed by atoms with E-state index in [-0.39, 0.29) is 0 Å². The number of thiazole rings is 1. The topological polar surface area (TPSA) is 60.4 Å². The average molecular weight is 360 g/mol. The summed E-state index contributed by atoms with van der Waals surface area (Å²) in [4.78, 5) is 15.8. The van der Waals surface area contributed by atoms with E-state index in [4.69, 9.17) is 14.5 Å². The van der Waals surface area contributed by atoms with Crippen molar-refractivity contribution in [1.29, 1.82) is 0 Å². The molecule has 0 unspecified atom stereocenters. The molecule has 0 aromatic carbocycles. The average Bonchev–Trinajstić information content (AvgIpc) is 3.38. The summed E-state index contributed by atoms with van der Waals surface area (Å²) in [5, 5.41) is 2.99. The zero-order valence-corrected chi connectivity index (χ0v) is 15.2. The molecule has 2 saturated heterocycles. The fraction of sp³-hybridized carbons (Fsp3) is 0.611. The van der Waals surface area contributed by atoms with Crippen LogP contribution in [0.15, 0.2) is 23.8 Å². The molecule has 2 aromatic heterocycles. The highest BCUT2D eigenvalue weighted by molar-refractivity contribution is 7.13. The predicted octanol–water partition coefficient (Wildman–Crippen LogP) is 2.76. The molecule has 134 valence electrons. The van der Waals surface area contributed by atoms with Crippen molar-refractivity contribution in [1.82, 2.24) is 19.9 Å². The van der Waals surface area contributed by atoms with Gasteiger partial charge in [0.25, 0.3) is 0 Å². The van der Waals surface area contributed by atoms with Crippen LogP contribution in [0.2, 0.25) is 0 Å². The van der Waals surface area contributed by atoms with E-state index >= 15 is 0 Å². The highest BCUT2D eigenvalue weighted by atomic mass is 32.1. The SMILES string of the molecule is c1cnc(-c2nc(CN(C[C@H]3CCCO3)C[C@H]3CCCO3)cs2)nc1.